The molecule has 7 heteroatoms. The minimum atomic E-state index is -3.83. The van der Waals surface area contributed by atoms with Gasteiger partial charge in [0.1, 0.15) is 5.75 Å². The molecule has 0 radical (unpaired) electrons. The van der Waals surface area contributed by atoms with Crippen molar-refractivity contribution in [2.75, 3.05) is 26.1 Å². The van der Waals surface area contributed by atoms with Gasteiger partial charge in [0, 0.05) is 14.1 Å². The highest BCUT2D eigenvalue weighted by Gasteiger charge is 2.30. The number of oxazole rings is 1. The van der Waals surface area contributed by atoms with Gasteiger partial charge < -0.3 is 14.1 Å². The van der Waals surface area contributed by atoms with Gasteiger partial charge in [0.05, 0.1) is 17.6 Å². The monoisotopic (exact) mass is 386 g/mol. The molecule has 2 aromatic carbocycles. The number of ether oxygens (including phenoxy) is 1. The maximum Gasteiger partial charge on any atom is 0.235 e. The molecule has 3 rings (SSSR count). The van der Waals surface area contributed by atoms with Crippen LogP contribution in [-0.2, 0) is 16.3 Å². The Morgan fingerprint density at radius 1 is 1.07 bits per heavy atom. The quantitative estimate of drug-likeness (QED) is 0.641. The lowest BCUT2D eigenvalue weighted by Crippen LogP contribution is -2.13. The summed E-state index contributed by atoms with van der Waals surface area (Å²) in [5.41, 5.74) is 1.66. The number of anilines is 1. The molecule has 0 spiro atoms. The minimum absolute atomic E-state index is 0.113. The van der Waals surface area contributed by atoms with Crippen molar-refractivity contribution >= 4 is 15.7 Å². The van der Waals surface area contributed by atoms with E-state index in [1.807, 2.05) is 31.2 Å². The molecule has 142 valence electrons. The SMILES string of the molecule is CCc1ccc(S(=O)(=O)c2nc(-c3ccccc3OC)oc2N(C)C)cc1. The summed E-state index contributed by atoms with van der Waals surface area (Å²) in [6, 6.07) is 14.0. The van der Waals surface area contributed by atoms with Crippen molar-refractivity contribution in [2.24, 2.45) is 0 Å². The smallest absolute Gasteiger partial charge is 0.235 e. The molecule has 0 aliphatic heterocycles. The lowest BCUT2D eigenvalue weighted by atomic mass is 10.2. The first-order valence-electron chi connectivity index (χ1n) is 8.54. The van der Waals surface area contributed by atoms with E-state index in [-0.39, 0.29) is 21.7 Å². The fourth-order valence-electron chi connectivity index (χ4n) is 2.71. The standard InChI is InChI=1S/C20H22N2O4S/c1-5-14-10-12-15(13-11-14)27(23,24)19-20(22(2)3)26-18(21-19)16-8-6-7-9-17(16)25-4/h6-13H,5H2,1-4H3. The van der Waals surface area contributed by atoms with Crippen LogP contribution in [0.4, 0.5) is 5.88 Å². The van der Waals surface area contributed by atoms with Crippen molar-refractivity contribution in [3.8, 4) is 17.2 Å². The molecule has 0 N–H and O–H groups in total. The van der Waals surface area contributed by atoms with Crippen molar-refractivity contribution in [3.05, 3.63) is 54.1 Å². The maximum absolute atomic E-state index is 13.2. The van der Waals surface area contributed by atoms with Gasteiger partial charge in [-0.1, -0.05) is 31.2 Å². The van der Waals surface area contributed by atoms with Gasteiger partial charge in [0.15, 0.2) is 0 Å². The van der Waals surface area contributed by atoms with Crippen molar-refractivity contribution < 1.29 is 17.6 Å². The Morgan fingerprint density at radius 3 is 2.33 bits per heavy atom. The molecule has 0 amide bonds. The van der Waals surface area contributed by atoms with Crippen molar-refractivity contribution in [2.45, 2.75) is 23.3 Å². The van der Waals surface area contributed by atoms with E-state index in [1.54, 1.807) is 50.4 Å². The van der Waals surface area contributed by atoms with Gasteiger partial charge in [0.25, 0.3) is 0 Å². The van der Waals surface area contributed by atoms with E-state index in [4.69, 9.17) is 9.15 Å². The normalized spacial score (nSPS) is 11.4. The van der Waals surface area contributed by atoms with Crippen molar-refractivity contribution in [3.63, 3.8) is 0 Å². The van der Waals surface area contributed by atoms with Crippen LogP contribution in [0.5, 0.6) is 5.75 Å². The van der Waals surface area contributed by atoms with E-state index >= 15 is 0 Å². The summed E-state index contributed by atoms with van der Waals surface area (Å²) in [6.45, 7) is 2.02. The predicted molar refractivity (Wildman–Crippen MR) is 104 cm³/mol. The minimum Gasteiger partial charge on any atom is -0.496 e. The van der Waals surface area contributed by atoms with Crippen LogP contribution in [0.25, 0.3) is 11.5 Å². The van der Waals surface area contributed by atoms with Crippen LogP contribution in [0.3, 0.4) is 0 Å². The number of aromatic nitrogens is 1. The van der Waals surface area contributed by atoms with E-state index in [0.717, 1.165) is 12.0 Å². The van der Waals surface area contributed by atoms with Crippen molar-refractivity contribution in [1.29, 1.82) is 0 Å². The molecule has 0 saturated heterocycles. The van der Waals surface area contributed by atoms with Crippen LogP contribution >= 0.6 is 0 Å². The third-order valence-electron chi connectivity index (χ3n) is 4.22. The summed E-state index contributed by atoms with van der Waals surface area (Å²) in [5.74, 6) is 0.927. The van der Waals surface area contributed by atoms with Crippen LogP contribution in [0.15, 0.2) is 62.9 Å². The number of para-hydroxylation sites is 1. The number of hydrogen-bond donors (Lipinski definition) is 0. The molecule has 0 saturated carbocycles. The molecule has 0 fully saturated rings. The van der Waals surface area contributed by atoms with E-state index in [1.165, 1.54) is 0 Å². The maximum atomic E-state index is 13.2. The van der Waals surface area contributed by atoms with Crippen LogP contribution in [0.2, 0.25) is 0 Å². The molecule has 1 heterocycles. The first-order chi connectivity index (χ1) is 12.9. The number of benzene rings is 2. The zero-order valence-corrected chi connectivity index (χ0v) is 16.6. The molecular formula is C20H22N2O4S. The van der Waals surface area contributed by atoms with Crippen molar-refractivity contribution in [1.82, 2.24) is 4.98 Å². The predicted octanol–water partition coefficient (Wildman–Crippen LogP) is 3.81. The highest BCUT2D eigenvalue weighted by atomic mass is 32.2. The van der Waals surface area contributed by atoms with E-state index in [0.29, 0.717) is 11.3 Å². The molecule has 6 nitrogen and oxygen atoms in total. The van der Waals surface area contributed by atoms with E-state index in [9.17, 15) is 8.42 Å². The van der Waals surface area contributed by atoms with Gasteiger partial charge in [-0.15, -0.1) is 0 Å². The third kappa shape index (κ3) is 3.55. The van der Waals surface area contributed by atoms with E-state index in [2.05, 4.69) is 4.98 Å². The Morgan fingerprint density at radius 2 is 1.74 bits per heavy atom. The number of rotatable bonds is 6. The second-order valence-corrected chi connectivity index (χ2v) is 8.09. The van der Waals surface area contributed by atoms with Gasteiger partial charge in [-0.2, -0.15) is 4.98 Å². The van der Waals surface area contributed by atoms with Gasteiger partial charge in [-0.3, -0.25) is 0 Å². The van der Waals surface area contributed by atoms with Gasteiger partial charge in [-0.05, 0) is 36.2 Å². The zero-order valence-electron chi connectivity index (χ0n) is 15.8. The average Bonchev–Trinajstić information content (AvgIpc) is 3.14. The fraction of sp³-hybridized carbons (Fsp3) is 0.250. The lowest BCUT2D eigenvalue weighted by molar-refractivity contribution is 0.414. The van der Waals surface area contributed by atoms with Gasteiger partial charge in [-0.25, -0.2) is 8.42 Å². The number of methoxy groups -OCH3 is 1. The Balaban J connectivity index is 2.15. The summed E-state index contributed by atoms with van der Waals surface area (Å²) in [4.78, 5) is 6.10. The first kappa shape index (κ1) is 19.0. The summed E-state index contributed by atoms with van der Waals surface area (Å²) in [6.07, 6.45) is 0.838. The highest BCUT2D eigenvalue weighted by Crippen LogP contribution is 2.36. The molecule has 1 aromatic heterocycles. The third-order valence-corrected chi connectivity index (χ3v) is 5.89. The van der Waals surface area contributed by atoms with Gasteiger partial charge >= 0.3 is 0 Å². The topological polar surface area (TPSA) is 72.6 Å². The number of hydrogen-bond acceptors (Lipinski definition) is 6. The molecule has 0 aliphatic rings. The van der Waals surface area contributed by atoms with Crippen LogP contribution in [-0.4, -0.2) is 34.6 Å². The summed E-state index contributed by atoms with van der Waals surface area (Å²) < 4.78 is 37.5. The average molecular weight is 386 g/mol. The number of nitrogens with zero attached hydrogens (tertiary/aromatic N) is 2. The molecule has 3 aromatic rings. The van der Waals surface area contributed by atoms with Crippen LogP contribution in [0.1, 0.15) is 12.5 Å². The lowest BCUT2D eigenvalue weighted by Gasteiger charge is -2.10. The fourth-order valence-corrected chi connectivity index (χ4v) is 4.08. The largest absolute Gasteiger partial charge is 0.496 e. The second-order valence-electron chi connectivity index (χ2n) is 6.22. The molecular weight excluding hydrogens is 364 g/mol. The molecule has 0 atom stereocenters. The number of sulfone groups is 1. The molecule has 0 bridgehead atoms. The van der Waals surface area contributed by atoms with Gasteiger partial charge in [0.2, 0.25) is 26.6 Å². The summed E-state index contributed by atoms with van der Waals surface area (Å²) >= 11 is 0. The highest BCUT2D eigenvalue weighted by molar-refractivity contribution is 7.91. The Labute approximate surface area is 159 Å². The Hall–Kier alpha value is -2.80. The Kier molecular flexibility index (Phi) is 5.23. The molecule has 0 aliphatic carbocycles. The van der Waals surface area contributed by atoms with E-state index < -0.39 is 9.84 Å². The van der Waals surface area contributed by atoms with Crippen LogP contribution < -0.4 is 9.64 Å². The zero-order chi connectivity index (χ0) is 19.6. The number of aryl methyl sites for hydroxylation is 1. The first-order valence-corrected chi connectivity index (χ1v) is 10.0. The summed E-state index contributed by atoms with van der Waals surface area (Å²) in [7, 11) is 1.14. The molecule has 27 heavy (non-hydrogen) atoms. The summed E-state index contributed by atoms with van der Waals surface area (Å²) in [5, 5.41) is -0.113. The second kappa shape index (κ2) is 7.44. The Bertz CT molecular complexity index is 1040. The van der Waals surface area contributed by atoms with Crippen LogP contribution in [0, 0.1) is 0 Å². The molecule has 0 unspecified atom stereocenters.